The third-order valence-electron chi connectivity index (χ3n) is 8.18. The number of hydrogen-bond donors (Lipinski definition) is 2. The van der Waals surface area contributed by atoms with Crippen LogP contribution in [0.2, 0.25) is 0 Å². The highest BCUT2D eigenvalue weighted by Gasteiger charge is 2.26. The fraction of sp³-hybridized carbons (Fsp3) is 0.257. The molecule has 3 aromatic carbocycles. The number of hydrazone groups is 1. The molecule has 3 heterocycles. The fourth-order valence-electron chi connectivity index (χ4n) is 5.83. The fourth-order valence-corrected chi connectivity index (χ4v) is 5.83. The zero-order valence-electron chi connectivity index (χ0n) is 25.9. The lowest BCUT2D eigenvalue weighted by molar-refractivity contribution is 0.0342. The predicted molar refractivity (Wildman–Crippen MR) is 177 cm³/mol. The summed E-state index contributed by atoms with van der Waals surface area (Å²) in [5.41, 5.74) is 18.0. The van der Waals surface area contributed by atoms with E-state index in [1.807, 2.05) is 29.4 Å². The smallest absolute Gasteiger partial charge is 0.221 e. The van der Waals surface area contributed by atoms with Gasteiger partial charge in [0.15, 0.2) is 17.3 Å². The zero-order valence-corrected chi connectivity index (χ0v) is 25.9. The zero-order chi connectivity index (χ0) is 32.0. The summed E-state index contributed by atoms with van der Waals surface area (Å²) in [6, 6.07) is 20.1. The van der Waals surface area contributed by atoms with Crippen molar-refractivity contribution in [3.05, 3.63) is 118 Å². The molecule has 0 saturated carbocycles. The molecule has 4 N–H and O–H groups in total. The number of rotatable bonds is 10. The highest BCUT2D eigenvalue weighted by molar-refractivity contribution is 6.07. The first-order valence-electron chi connectivity index (χ1n) is 15.1. The third-order valence-corrected chi connectivity index (χ3v) is 8.18. The molecule has 1 unspecified atom stereocenters. The Labute approximate surface area is 268 Å². The van der Waals surface area contributed by atoms with E-state index in [-0.39, 0.29) is 23.6 Å². The highest BCUT2D eigenvalue weighted by atomic mass is 16.5. The monoisotopic (exact) mass is 619 g/mol. The van der Waals surface area contributed by atoms with E-state index in [1.54, 1.807) is 24.5 Å². The molecular formula is C35H37N7O4. The molecule has 0 spiro atoms. The van der Waals surface area contributed by atoms with Crippen LogP contribution in [0.25, 0.3) is 0 Å². The maximum absolute atomic E-state index is 13.8. The van der Waals surface area contributed by atoms with Crippen LogP contribution < -0.4 is 20.9 Å². The second kappa shape index (κ2) is 13.8. The quantitative estimate of drug-likeness (QED) is 0.196. The molecular weight excluding hydrogens is 582 g/mol. The minimum atomic E-state index is -0.271. The number of hydrogen-bond acceptors (Lipinski definition) is 11. The van der Waals surface area contributed by atoms with Gasteiger partial charge in [-0.1, -0.05) is 48.5 Å². The average molecular weight is 620 g/mol. The molecule has 4 aromatic rings. The second-order valence-corrected chi connectivity index (χ2v) is 11.2. The van der Waals surface area contributed by atoms with Gasteiger partial charge in [0.05, 0.1) is 39.2 Å². The molecule has 6 rings (SSSR count). The van der Waals surface area contributed by atoms with Crippen molar-refractivity contribution in [2.45, 2.75) is 19.0 Å². The lowest BCUT2D eigenvalue weighted by atomic mass is 9.92. The van der Waals surface area contributed by atoms with Crippen molar-refractivity contribution in [2.75, 3.05) is 52.0 Å². The van der Waals surface area contributed by atoms with E-state index < -0.39 is 0 Å². The summed E-state index contributed by atoms with van der Waals surface area (Å²) in [5.74, 6) is 0.861. The van der Waals surface area contributed by atoms with Crippen LogP contribution in [0.1, 0.15) is 49.8 Å². The standard InChI is InChI=1S/C35H37N7O4/c1-44-31-19-24(17-27-20-38-35(37)40-34(27)36)18-29(33(31)45-2)30(43)11-12-42-32(28-6-4-3-5-26(28)21-39-42)25-9-7-23(8-10-25)22-41-13-15-46-16-14-41/h3-12,18-21,32H,13-17,22H2,1-2H3,(H4,36,37,38,40)/b12-11+. The number of carbonyl (C=O) groups excluding carboxylic acids is 1. The number of aromatic nitrogens is 2. The molecule has 0 amide bonds. The largest absolute Gasteiger partial charge is 0.493 e. The van der Waals surface area contributed by atoms with Crippen molar-refractivity contribution in [1.82, 2.24) is 19.9 Å². The number of morpholine rings is 1. The van der Waals surface area contributed by atoms with Gasteiger partial charge < -0.3 is 25.7 Å². The van der Waals surface area contributed by atoms with Crippen LogP contribution in [0.3, 0.4) is 0 Å². The van der Waals surface area contributed by atoms with Crippen LogP contribution in [-0.4, -0.2) is 72.4 Å². The summed E-state index contributed by atoms with van der Waals surface area (Å²) < 4.78 is 16.7. The van der Waals surface area contributed by atoms with Crippen LogP contribution in [0.5, 0.6) is 11.5 Å². The number of fused-ring (bicyclic) bond motifs is 1. The van der Waals surface area contributed by atoms with Crippen molar-refractivity contribution < 1.29 is 19.0 Å². The molecule has 1 fully saturated rings. The van der Waals surface area contributed by atoms with Gasteiger partial charge in [-0.3, -0.25) is 14.7 Å². The van der Waals surface area contributed by atoms with Gasteiger partial charge in [0, 0.05) is 55.7 Å². The maximum Gasteiger partial charge on any atom is 0.221 e. The molecule has 46 heavy (non-hydrogen) atoms. The first-order chi connectivity index (χ1) is 22.4. The SMILES string of the molecule is COc1cc(Cc2cnc(N)nc2N)cc(C(=O)/C=C/N2N=Cc3ccccc3C2c2ccc(CN3CCOCC3)cc2)c1OC. The third kappa shape index (κ3) is 6.70. The molecule has 1 aromatic heterocycles. The number of nitrogens with two attached hydrogens (primary N) is 2. The number of nitrogen functional groups attached to an aromatic ring is 2. The molecule has 0 aliphatic carbocycles. The molecule has 0 bridgehead atoms. The van der Waals surface area contributed by atoms with Gasteiger partial charge in [0.25, 0.3) is 0 Å². The lowest BCUT2D eigenvalue weighted by Gasteiger charge is -2.31. The normalized spacial score (nSPS) is 16.4. The Hall–Kier alpha value is -5.26. The molecule has 236 valence electrons. The van der Waals surface area contributed by atoms with Crippen molar-refractivity contribution in [3.8, 4) is 11.5 Å². The van der Waals surface area contributed by atoms with E-state index in [4.69, 9.17) is 30.8 Å². The Morgan fingerprint density at radius 1 is 1.02 bits per heavy atom. The number of ketones is 1. The van der Waals surface area contributed by atoms with E-state index in [1.165, 1.54) is 25.9 Å². The number of carbonyl (C=O) groups is 1. The number of allylic oxidation sites excluding steroid dienone is 1. The lowest BCUT2D eigenvalue weighted by Crippen LogP contribution is -2.35. The summed E-state index contributed by atoms with van der Waals surface area (Å²) in [6.45, 7) is 4.28. The maximum atomic E-state index is 13.8. The summed E-state index contributed by atoms with van der Waals surface area (Å²) >= 11 is 0. The van der Waals surface area contributed by atoms with Crippen LogP contribution in [-0.2, 0) is 17.7 Å². The van der Waals surface area contributed by atoms with Gasteiger partial charge in [-0.2, -0.15) is 10.1 Å². The first-order valence-corrected chi connectivity index (χ1v) is 15.1. The van der Waals surface area contributed by atoms with E-state index in [0.717, 1.165) is 55.1 Å². The van der Waals surface area contributed by atoms with Gasteiger partial charge in [0.2, 0.25) is 5.95 Å². The van der Waals surface area contributed by atoms with Crippen LogP contribution in [0, 0.1) is 0 Å². The van der Waals surface area contributed by atoms with Crippen molar-refractivity contribution >= 4 is 23.8 Å². The Morgan fingerprint density at radius 3 is 2.54 bits per heavy atom. The molecule has 1 saturated heterocycles. The molecule has 2 aliphatic heterocycles. The summed E-state index contributed by atoms with van der Waals surface area (Å²) in [7, 11) is 3.04. The molecule has 0 radical (unpaired) electrons. The number of ether oxygens (including phenoxy) is 3. The van der Waals surface area contributed by atoms with Gasteiger partial charge in [-0.15, -0.1) is 0 Å². The van der Waals surface area contributed by atoms with E-state index in [9.17, 15) is 4.79 Å². The van der Waals surface area contributed by atoms with Crippen LogP contribution >= 0.6 is 0 Å². The van der Waals surface area contributed by atoms with Gasteiger partial charge in [-0.25, -0.2) is 4.98 Å². The number of anilines is 2. The average Bonchev–Trinajstić information content (AvgIpc) is 3.08. The second-order valence-electron chi connectivity index (χ2n) is 11.2. The summed E-state index contributed by atoms with van der Waals surface area (Å²) in [4.78, 5) is 24.3. The Morgan fingerprint density at radius 2 is 1.80 bits per heavy atom. The molecule has 1 atom stereocenters. The van der Waals surface area contributed by atoms with Crippen LogP contribution in [0.4, 0.5) is 11.8 Å². The predicted octanol–water partition coefficient (Wildman–Crippen LogP) is 4.22. The number of methoxy groups -OCH3 is 2. The van der Waals surface area contributed by atoms with Crippen molar-refractivity contribution in [3.63, 3.8) is 0 Å². The van der Waals surface area contributed by atoms with Crippen molar-refractivity contribution in [1.29, 1.82) is 0 Å². The minimum Gasteiger partial charge on any atom is -0.493 e. The number of nitrogens with zero attached hydrogens (tertiary/aromatic N) is 5. The Balaban J connectivity index is 1.28. The Kier molecular flexibility index (Phi) is 9.23. The van der Waals surface area contributed by atoms with E-state index in [2.05, 4.69) is 45.2 Å². The van der Waals surface area contributed by atoms with Crippen LogP contribution in [0.15, 0.2) is 84.2 Å². The topological polar surface area (TPSA) is 141 Å². The minimum absolute atomic E-state index is 0.0970. The summed E-state index contributed by atoms with van der Waals surface area (Å²) in [5, 5.41) is 6.55. The van der Waals surface area contributed by atoms with Gasteiger partial charge >= 0.3 is 0 Å². The number of benzene rings is 3. The van der Waals surface area contributed by atoms with E-state index in [0.29, 0.717) is 29.0 Å². The van der Waals surface area contributed by atoms with Crippen molar-refractivity contribution in [2.24, 2.45) is 5.10 Å². The van der Waals surface area contributed by atoms with Gasteiger partial charge in [0.1, 0.15) is 11.9 Å². The highest BCUT2D eigenvalue weighted by Crippen LogP contribution is 2.36. The van der Waals surface area contributed by atoms with Gasteiger partial charge in [-0.05, 0) is 34.4 Å². The van der Waals surface area contributed by atoms with E-state index >= 15 is 0 Å². The molecule has 2 aliphatic rings. The molecule has 11 heteroatoms. The Bertz CT molecular complexity index is 1770. The first kappa shape index (κ1) is 30.8. The molecule has 11 nitrogen and oxygen atoms in total. The summed E-state index contributed by atoms with van der Waals surface area (Å²) in [6.07, 6.45) is 6.99.